The first-order valence-electron chi connectivity index (χ1n) is 8.14. The smallest absolute Gasteiger partial charge is 0.306 e. The minimum atomic E-state index is -3.57. The van der Waals surface area contributed by atoms with Crippen molar-refractivity contribution >= 4 is 31.6 Å². The number of nitrogens with one attached hydrogen (secondary N) is 1. The molecule has 24 heavy (non-hydrogen) atoms. The molecule has 0 unspecified atom stereocenters. The fraction of sp³-hybridized carbons (Fsp3) is 0.562. The number of fused-ring (bicyclic) bond motifs is 1. The molecule has 1 aliphatic rings. The minimum Gasteiger partial charge on any atom is -0.306 e. The van der Waals surface area contributed by atoms with Crippen LogP contribution < -0.4 is 9.60 Å². The van der Waals surface area contributed by atoms with E-state index in [2.05, 4.69) is 9.62 Å². The molecule has 1 aliphatic heterocycles. The predicted molar refractivity (Wildman–Crippen MR) is 97.3 cm³/mol. The van der Waals surface area contributed by atoms with Crippen LogP contribution in [-0.2, 0) is 10.0 Å². The standard InChI is InChI=1S/C16H23N3O3S2/c1-11(2)19-14-5-4-13(10-15(14)23-16(19)20)24(21,22)17-12-6-8-18(3)9-7-12/h4-5,10-12,17H,6-9H2,1-3H3. The summed E-state index contributed by atoms with van der Waals surface area (Å²) < 4.78 is 30.5. The van der Waals surface area contributed by atoms with Gasteiger partial charge in [-0.1, -0.05) is 11.3 Å². The first-order chi connectivity index (χ1) is 11.3. The molecule has 1 saturated heterocycles. The first kappa shape index (κ1) is 17.6. The van der Waals surface area contributed by atoms with Crippen LogP contribution in [0.25, 0.3) is 10.2 Å². The summed E-state index contributed by atoms with van der Waals surface area (Å²) in [6, 6.07) is 4.95. The van der Waals surface area contributed by atoms with Gasteiger partial charge < -0.3 is 4.90 Å². The molecule has 1 aromatic heterocycles. The van der Waals surface area contributed by atoms with E-state index in [-0.39, 0.29) is 21.9 Å². The maximum Gasteiger partial charge on any atom is 0.308 e. The van der Waals surface area contributed by atoms with Gasteiger partial charge in [-0.2, -0.15) is 0 Å². The molecule has 0 amide bonds. The van der Waals surface area contributed by atoms with E-state index in [1.807, 2.05) is 20.9 Å². The van der Waals surface area contributed by atoms with Crippen LogP contribution in [0.4, 0.5) is 0 Å². The Morgan fingerprint density at radius 1 is 1.25 bits per heavy atom. The molecule has 1 fully saturated rings. The molecule has 2 aromatic rings. The van der Waals surface area contributed by atoms with Gasteiger partial charge in [0.25, 0.3) is 0 Å². The number of thiazole rings is 1. The van der Waals surface area contributed by atoms with Gasteiger partial charge in [0.15, 0.2) is 0 Å². The number of aromatic nitrogens is 1. The van der Waals surface area contributed by atoms with Gasteiger partial charge in [0.2, 0.25) is 10.0 Å². The molecule has 8 heteroatoms. The van der Waals surface area contributed by atoms with E-state index in [4.69, 9.17) is 0 Å². The largest absolute Gasteiger partial charge is 0.308 e. The summed E-state index contributed by atoms with van der Waals surface area (Å²) in [5.41, 5.74) is 0.790. The van der Waals surface area contributed by atoms with Gasteiger partial charge in [0.1, 0.15) is 0 Å². The first-order valence-corrected chi connectivity index (χ1v) is 10.4. The third-order valence-corrected chi connectivity index (χ3v) is 6.89. The summed E-state index contributed by atoms with van der Waals surface area (Å²) >= 11 is 1.09. The Morgan fingerprint density at radius 2 is 1.92 bits per heavy atom. The van der Waals surface area contributed by atoms with Gasteiger partial charge in [-0.05, 0) is 65.0 Å². The summed E-state index contributed by atoms with van der Waals surface area (Å²) in [5, 5.41) is 0. The Morgan fingerprint density at radius 3 is 2.54 bits per heavy atom. The SMILES string of the molecule is CC(C)n1c(=O)sc2cc(S(=O)(=O)NC3CCN(C)CC3)ccc21. The maximum atomic E-state index is 12.6. The number of piperidine rings is 1. The highest BCUT2D eigenvalue weighted by atomic mass is 32.2. The minimum absolute atomic E-state index is 0.0269. The molecule has 0 atom stereocenters. The molecule has 0 spiro atoms. The quantitative estimate of drug-likeness (QED) is 0.895. The van der Waals surface area contributed by atoms with Crippen molar-refractivity contribution in [2.24, 2.45) is 0 Å². The van der Waals surface area contributed by atoms with E-state index < -0.39 is 10.0 Å². The lowest BCUT2D eigenvalue weighted by Crippen LogP contribution is -2.43. The molecule has 0 aliphatic carbocycles. The van der Waals surface area contributed by atoms with E-state index in [1.165, 1.54) is 0 Å². The van der Waals surface area contributed by atoms with Crippen LogP contribution in [0.5, 0.6) is 0 Å². The highest BCUT2D eigenvalue weighted by molar-refractivity contribution is 7.89. The number of sulfonamides is 1. The zero-order valence-electron chi connectivity index (χ0n) is 14.2. The molecule has 132 valence electrons. The topological polar surface area (TPSA) is 71.4 Å². The second kappa shape index (κ2) is 6.59. The Kier molecular flexibility index (Phi) is 4.83. The van der Waals surface area contributed by atoms with E-state index >= 15 is 0 Å². The van der Waals surface area contributed by atoms with Crippen molar-refractivity contribution in [2.75, 3.05) is 20.1 Å². The molecule has 0 radical (unpaired) electrons. The fourth-order valence-corrected chi connectivity index (χ4v) is 5.54. The van der Waals surface area contributed by atoms with Gasteiger partial charge >= 0.3 is 4.87 Å². The van der Waals surface area contributed by atoms with Crippen molar-refractivity contribution < 1.29 is 8.42 Å². The monoisotopic (exact) mass is 369 g/mol. The molecule has 0 bridgehead atoms. The predicted octanol–water partition coefficient (Wildman–Crippen LogP) is 2.02. The lowest BCUT2D eigenvalue weighted by Gasteiger charge is -2.29. The Hall–Kier alpha value is -1.22. The van der Waals surface area contributed by atoms with Crippen molar-refractivity contribution in [2.45, 2.75) is 43.7 Å². The summed E-state index contributed by atoms with van der Waals surface area (Å²) in [5.74, 6) is 0. The van der Waals surface area contributed by atoms with E-state index in [0.717, 1.165) is 42.8 Å². The van der Waals surface area contributed by atoms with Gasteiger partial charge in [0.05, 0.1) is 15.1 Å². The number of hydrogen-bond donors (Lipinski definition) is 1. The van der Waals surface area contributed by atoms with Crippen molar-refractivity contribution in [3.8, 4) is 0 Å². The molecular formula is C16H23N3O3S2. The van der Waals surface area contributed by atoms with Gasteiger partial charge in [0, 0.05) is 12.1 Å². The molecule has 3 rings (SSSR count). The Labute approximate surface area is 146 Å². The number of hydrogen-bond acceptors (Lipinski definition) is 5. The number of likely N-dealkylation sites (tertiary alicyclic amines) is 1. The summed E-state index contributed by atoms with van der Waals surface area (Å²) in [6.45, 7) is 5.68. The van der Waals surface area contributed by atoms with Crippen molar-refractivity contribution in [3.63, 3.8) is 0 Å². The number of rotatable bonds is 4. The van der Waals surface area contributed by atoms with E-state index in [9.17, 15) is 13.2 Å². The van der Waals surface area contributed by atoms with Crippen LogP contribution in [-0.4, -0.2) is 44.1 Å². The van der Waals surface area contributed by atoms with E-state index in [0.29, 0.717) is 4.70 Å². The zero-order chi connectivity index (χ0) is 17.5. The van der Waals surface area contributed by atoms with Crippen molar-refractivity contribution in [3.05, 3.63) is 27.9 Å². The molecule has 1 aromatic carbocycles. The second-order valence-corrected chi connectivity index (χ2v) is 9.37. The van der Waals surface area contributed by atoms with Crippen molar-refractivity contribution in [1.29, 1.82) is 0 Å². The number of nitrogens with zero attached hydrogens (tertiary/aromatic N) is 2. The van der Waals surface area contributed by atoms with Crippen LogP contribution in [0.15, 0.2) is 27.9 Å². The lowest BCUT2D eigenvalue weighted by atomic mass is 10.1. The zero-order valence-corrected chi connectivity index (χ0v) is 15.8. The summed E-state index contributed by atoms with van der Waals surface area (Å²) in [4.78, 5) is 14.5. The molecular weight excluding hydrogens is 346 g/mol. The average Bonchev–Trinajstić information content (AvgIpc) is 2.84. The van der Waals surface area contributed by atoms with Gasteiger partial charge in [-0.25, -0.2) is 13.1 Å². The summed E-state index contributed by atoms with van der Waals surface area (Å²) in [6.07, 6.45) is 1.63. The van der Waals surface area contributed by atoms with Gasteiger partial charge in [-0.3, -0.25) is 9.36 Å². The average molecular weight is 370 g/mol. The lowest BCUT2D eigenvalue weighted by molar-refractivity contribution is 0.248. The second-order valence-electron chi connectivity index (χ2n) is 6.66. The molecule has 1 N–H and O–H groups in total. The Balaban J connectivity index is 1.90. The summed E-state index contributed by atoms with van der Waals surface area (Å²) in [7, 11) is -1.52. The van der Waals surface area contributed by atoms with Gasteiger partial charge in [-0.15, -0.1) is 0 Å². The molecule has 0 saturated carbocycles. The van der Waals surface area contributed by atoms with Crippen LogP contribution in [0, 0.1) is 0 Å². The highest BCUT2D eigenvalue weighted by Gasteiger charge is 2.24. The molecule has 6 nitrogen and oxygen atoms in total. The normalized spacial score (nSPS) is 17.8. The fourth-order valence-electron chi connectivity index (χ4n) is 3.09. The third-order valence-electron chi connectivity index (χ3n) is 4.45. The third kappa shape index (κ3) is 3.42. The van der Waals surface area contributed by atoms with Crippen LogP contribution in [0.2, 0.25) is 0 Å². The van der Waals surface area contributed by atoms with E-state index in [1.54, 1.807) is 22.8 Å². The number of benzene rings is 1. The highest BCUT2D eigenvalue weighted by Crippen LogP contribution is 2.24. The van der Waals surface area contributed by atoms with Crippen LogP contribution in [0.1, 0.15) is 32.7 Å². The van der Waals surface area contributed by atoms with Crippen LogP contribution in [0.3, 0.4) is 0 Å². The molecule has 2 heterocycles. The van der Waals surface area contributed by atoms with Crippen molar-refractivity contribution in [1.82, 2.24) is 14.2 Å². The Bertz CT molecular complexity index is 891. The maximum absolute atomic E-state index is 12.6. The van der Waals surface area contributed by atoms with Crippen LogP contribution >= 0.6 is 11.3 Å².